The number of fused-ring (bicyclic) bond motifs is 1. The third-order valence-electron chi connectivity index (χ3n) is 6.84. The van der Waals surface area contributed by atoms with Crippen LogP contribution in [0.5, 0.6) is 0 Å². The van der Waals surface area contributed by atoms with E-state index in [0.717, 1.165) is 51.2 Å². The lowest BCUT2D eigenvalue weighted by molar-refractivity contribution is 0.0380. The summed E-state index contributed by atoms with van der Waals surface area (Å²) in [4.78, 5) is 5.71. The normalized spacial score (nSPS) is 19.6. The molecule has 3 aromatic rings. The van der Waals surface area contributed by atoms with Crippen LogP contribution in [-0.4, -0.2) is 74.3 Å². The van der Waals surface area contributed by atoms with Gasteiger partial charge in [-0.2, -0.15) is 11.3 Å². The topological polar surface area (TPSA) is 65.6 Å². The van der Waals surface area contributed by atoms with Gasteiger partial charge in [-0.15, -0.1) is 0 Å². The molecule has 0 atom stereocenters. The van der Waals surface area contributed by atoms with Gasteiger partial charge in [0.1, 0.15) is 0 Å². The predicted octanol–water partition coefficient (Wildman–Crippen LogP) is 4.13. The molecule has 2 saturated heterocycles. The summed E-state index contributed by atoms with van der Waals surface area (Å²) >= 11 is 1.71. The quantitative estimate of drug-likeness (QED) is 0.560. The number of benzene rings is 1. The van der Waals surface area contributed by atoms with Crippen molar-refractivity contribution >= 4 is 32.3 Å². The molecule has 0 spiro atoms. The highest BCUT2D eigenvalue weighted by atomic mass is 32.2. The fourth-order valence-corrected chi connectivity index (χ4v) is 7.14. The fourth-order valence-electron chi connectivity index (χ4n) is 4.96. The number of nitrogens with one attached hydrogen (secondary N) is 1. The zero-order valence-electron chi connectivity index (χ0n) is 18.3. The zero-order chi connectivity index (χ0) is 22.0. The Labute approximate surface area is 194 Å². The number of aromatic amines is 1. The highest BCUT2D eigenvalue weighted by Gasteiger charge is 2.29. The first-order valence-corrected chi connectivity index (χ1v) is 14.1. The molecule has 0 bridgehead atoms. The highest BCUT2D eigenvalue weighted by Crippen LogP contribution is 2.36. The minimum Gasteiger partial charge on any atom is -0.379 e. The standard InChI is InChI=1S/C24H31N3O3S2/c28-32(29,15-1-7-26-10-12-30-13-11-26)27-8-4-19(5-9-27)23-17-25-24-3-2-20(16-22(23)24)21-6-14-31-18-21/h2-3,6,14,16-19,25H,1,4-5,7-13,15H2. The summed E-state index contributed by atoms with van der Waals surface area (Å²) < 4.78 is 32.9. The summed E-state index contributed by atoms with van der Waals surface area (Å²) in [6.07, 6.45) is 4.56. The summed E-state index contributed by atoms with van der Waals surface area (Å²) in [6, 6.07) is 8.75. The van der Waals surface area contributed by atoms with E-state index in [-0.39, 0.29) is 5.75 Å². The number of sulfonamides is 1. The largest absolute Gasteiger partial charge is 0.379 e. The number of piperidine rings is 1. The van der Waals surface area contributed by atoms with Crippen molar-refractivity contribution in [3.05, 3.63) is 46.8 Å². The molecular formula is C24H31N3O3S2. The molecule has 2 fully saturated rings. The van der Waals surface area contributed by atoms with E-state index in [1.165, 1.54) is 22.1 Å². The number of H-pyrrole nitrogens is 1. The lowest BCUT2D eigenvalue weighted by Crippen LogP contribution is -2.41. The summed E-state index contributed by atoms with van der Waals surface area (Å²) in [5.74, 6) is 0.632. The highest BCUT2D eigenvalue weighted by molar-refractivity contribution is 7.89. The van der Waals surface area contributed by atoms with Crippen LogP contribution in [0.3, 0.4) is 0 Å². The molecule has 0 aliphatic carbocycles. The number of nitrogens with zero attached hydrogens (tertiary/aromatic N) is 2. The van der Waals surface area contributed by atoms with Crippen molar-refractivity contribution < 1.29 is 13.2 Å². The van der Waals surface area contributed by atoms with Gasteiger partial charge in [0.15, 0.2) is 0 Å². The second kappa shape index (κ2) is 9.65. The molecule has 2 aromatic heterocycles. The maximum absolute atomic E-state index is 12.9. The average Bonchev–Trinajstić information content (AvgIpc) is 3.50. The first-order valence-electron chi connectivity index (χ1n) is 11.5. The van der Waals surface area contributed by atoms with Crippen molar-refractivity contribution in [3.63, 3.8) is 0 Å². The van der Waals surface area contributed by atoms with Gasteiger partial charge in [0.2, 0.25) is 10.0 Å². The maximum Gasteiger partial charge on any atom is 0.214 e. The van der Waals surface area contributed by atoms with Gasteiger partial charge in [0.25, 0.3) is 0 Å². The lowest BCUT2D eigenvalue weighted by Gasteiger charge is -2.32. The van der Waals surface area contributed by atoms with Gasteiger partial charge in [-0.25, -0.2) is 12.7 Å². The lowest BCUT2D eigenvalue weighted by atomic mass is 9.89. The second-order valence-corrected chi connectivity index (χ2v) is 11.7. The van der Waals surface area contributed by atoms with Crippen LogP contribution in [0.25, 0.3) is 22.0 Å². The average molecular weight is 474 g/mol. The molecule has 2 aliphatic rings. The number of morpholine rings is 1. The number of hydrogen-bond acceptors (Lipinski definition) is 5. The van der Waals surface area contributed by atoms with Crippen molar-refractivity contribution in [3.8, 4) is 11.1 Å². The Morgan fingerprint density at radius 2 is 1.88 bits per heavy atom. The Kier molecular flexibility index (Phi) is 6.66. The predicted molar refractivity (Wildman–Crippen MR) is 131 cm³/mol. The number of ether oxygens (including phenoxy) is 1. The first-order chi connectivity index (χ1) is 15.6. The summed E-state index contributed by atoms with van der Waals surface area (Å²) in [6.45, 7) is 5.38. The van der Waals surface area contributed by atoms with Crippen LogP contribution < -0.4 is 0 Å². The van der Waals surface area contributed by atoms with E-state index in [9.17, 15) is 8.42 Å². The van der Waals surface area contributed by atoms with E-state index in [4.69, 9.17) is 4.74 Å². The van der Waals surface area contributed by atoms with Crippen molar-refractivity contribution in [2.24, 2.45) is 0 Å². The second-order valence-electron chi connectivity index (χ2n) is 8.81. The molecule has 172 valence electrons. The number of thiophene rings is 1. The molecule has 1 aromatic carbocycles. The monoisotopic (exact) mass is 473 g/mol. The third kappa shape index (κ3) is 4.79. The van der Waals surface area contributed by atoms with Crippen LogP contribution >= 0.6 is 11.3 Å². The molecule has 0 amide bonds. The molecule has 0 saturated carbocycles. The Morgan fingerprint density at radius 1 is 1.06 bits per heavy atom. The van der Waals surface area contributed by atoms with E-state index in [1.54, 1.807) is 15.6 Å². The molecule has 4 heterocycles. The fraction of sp³-hybridized carbons (Fsp3) is 0.500. The van der Waals surface area contributed by atoms with E-state index in [1.807, 2.05) is 0 Å². The smallest absolute Gasteiger partial charge is 0.214 e. The van der Waals surface area contributed by atoms with Crippen LogP contribution in [0.15, 0.2) is 41.2 Å². The van der Waals surface area contributed by atoms with Crippen LogP contribution in [0.2, 0.25) is 0 Å². The third-order valence-corrected chi connectivity index (χ3v) is 9.48. The Morgan fingerprint density at radius 3 is 2.62 bits per heavy atom. The first kappa shape index (κ1) is 22.1. The SMILES string of the molecule is O=S(=O)(CCCN1CCOCC1)N1CCC(c2c[nH]c3ccc(-c4ccsc4)cc23)CC1. The van der Waals surface area contributed by atoms with Crippen molar-refractivity contribution in [2.45, 2.75) is 25.2 Å². The molecule has 0 radical (unpaired) electrons. The van der Waals surface area contributed by atoms with Gasteiger partial charge < -0.3 is 9.72 Å². The van der Waals surface area contributed by atoms with Gasteiger partial charge in [0, 0.05) is 43.3 Å². The van der Waals surface area contributed by atoms with E-state index in [0.29, 0.717) is 25.4 Å². The van der Waals surface area contributed by atoms with Crippen molar-refractivity contribution in [1.82, 2.24) is 14.2 Å². The molecular weight excluding hydrogens is 442 g/mol. The molecule has 6 nitrogen and oxygen atoms in total. The molecule has 8 heteroatoms. The molecule has 32 heavy (non-hydrogen) atoms. The van der Waals surface area contributed by atoms with Crippen molar-refractivity contribution in [1.29, 1.82) is 0 Å². The molecule has 0 unspecified atom stereocenters. The summed E-state index contributed by atoms with van der Waals surface area (Å²) in [5.41, 5.74) is 4.96. The van der Waals surface area contributed by atoms with Gasteiger partial charge >= 0.3 is 0 Å². The van der Waals surface area contributed by atoms with Gasteiger partial charge in [-0.1, -0.05) is 6.07 Å². The zero-order valence-corrected chi connectivity index (χ0v) is 20.0. The van der Waals surface area contributed by atoms with E-state index >= 15 is 0 Å². The van der Waals surface area contributed by atoms with Gasteiger partial charge in [0.05, 0.1) is 19.0 Å². The van der Waals surface area contributed by atoms with Crippen LogP contribution in [0.4, 0.5) is 0 Å². The minimum absolute atomic E-state index is 0.242. The van der Waals surface area contributed by atoms with Crippen LogP contribution in [0, 0.1) is 0 Å². The Balaban J connectivity index is 1.20. The van der Waals surface area contributed by atoms with E-state index < -0.39 is 10.0 Å². The molecule has 2 aliphatic heterocycles. The van der Waals surface area contributed by atoms with Crippen LogP contribution in [0.1, 0.15) is 30.7 Å². The van der Waals surface area contributed by atoms with E-state index in [2.05, 4.69) is 51.1 Å². The molecule has 1 N–H and O–H groups in total. The Bertz CT molecular complexity index is 1130. The van der Waals surface area contributed by atoms with Crippen molar-refractivity contribution in [2.75, 3.05) is 51.7 Å². The van der Waals surface area contributed by atoms with Gasteiger partial charge in [-0.05, 0) is 77.4 Å². The molecule has 5 rings (SSSR count). The Hall–Kier alpha value is -1.71. The summed E-state index contributed by atoms with van der Waals surface area (Å²) in [5, 5.41) is 5.55. The van der Waals surface area contributed by atoms with Gasteiger partial charge in [-0.3, -0.25) is 4.90 Å². The maximum atomic E-state index is 12.9. The summed E-state index contributed by atoms with van der Waals surface area (Å²) in [7, 11) is -3.19. The number of aromatic nitrogens is 1. The number of rotatable bonds is 7. The van der Waals surface area contributed by atoms with Crippen LogP contribution in [-0.2, 0) is 14.8 Å². The number of hydrogen-bond donors (Lipinski definition) is 1. The minimum atomic E-state index is -3.19.